The molecule has 0 spiro atoms. The number of fused-ring (bicyclic) bond motifs is 1. The summed E-state index contributed by atoms with van der Waals surface area (Å²) in [6, 6.07) is 10.0. The number of piperidine rings is 1. The zero-order valence-electron chi connectivity index (χ0n) is 13.6. The third-order valence-electron chi connectivity index (χ3n) is 4.64. The molecule has 6 nitrogen and oxygen atoms in total. The van der Waals surface area contributed by atoms with E-state index in [0.717, 1.165) is 42.4 Å². The Hall–Kier alpha value is -2.31. The summed E-state index contributed by atoms with van der Waals surface area (Å²) in [5, 5.41) is 9.64. The summed E-state index contributed by atoms with van der Waals surface area (Å²) in [6.45, 7) is 1.99. The van der Waals surface area contributed by atoms with Crippen molar-refractivity contribution in [3.05, 3.63) is 42.4 Å². The second-order valence-corrected chi connectivity index (χ2v) is 6.08. The highest BCUT2D eigenvalue weighted by Crippen LogP contribution is 2.32. The Bertz CT molecular complexity index is 821. The summed E-state index contributed by atoms with van der Waals surface area (Å²) in [7, 11) is 1.70. The molecular formula is C18H20N4O2. The maximum Gasteiger partial charge on any atom is 0.256 e. The first-order chi connectivity index (χ1) is 11.9. The highest BCUT2D eigenvalue weighted by atomic mass is 16.5. The lowest BCUT2D eigenvalue weighted by atomic mass is 9.92. The molecule has 2 aromatic heterocycles. The number of pyridine rings is 1. The van der Waals surface area contributed by atoms with Crippen molar-refractivity contribution in [3.8, 4) is 11.5 Å². The fourth-order valence-corrected chi connectivity index (χ4v) is 3.39. The number of benzene rings is 1. The van der Waals surface area contributed by atoms with Gasteiger partial charge in [-0.25, -0.2) is 0 Å². The Morgan fingerprint density at radius 2 is 2.04 bits per heavy atom. The molecule has 0 aliphatic carbocycles. The molecular weight excluding hydrogens is 304 g/mol. The van der Waals surface area contributed by atoms with E-state index >= 15 is 0 Å². The third-order valence-corrected chi connectivity index (χ3v) is 4.64. The topological polar surface area (TPSA) is 73.1 Å². The fourth-order valence-electron chi connectivity index (χ4n) is 3.39. The monoisotopic (exact) mass is 324 g/mol. The van der Waals surface area contributed by atoms with Gasteiger partial charge < -0.3 is 14.6 Å². The van der Waals surface area contributed by atoms with E-state index in [-0.39, 0.29) is 6.10 Å². The molecule has 1 saturated heterocycles. The molecule has 3 heterocycles. The molecule has 1 aromatic carbocycles. The van der Waals surface area contributed by atoms with Crippen LogP contribution in [0.15, 0.2) is 41.1 Å². The van der Waals surface area contributed by atoms with Crippen LogP contribution in [0.3, 0.4) is 0 Å². The maximum absolute atomic E-state index is 5.67. The molecule has 124 valence electrons. The zero-order chi connectivity index (χ0) is 16.4. The average Bonchev–Trinajstić information content (AvgIpc) is 3.12. The minimum absolute atomic E-state index is 0.164. The fraction of sp³-hybridized carbons (Fsp3) is 0.389. The number of hydrogen-bond acceptors (Lipinski definition) is 6. The van der Waals surface area contributed by atoms with E-state index in [2.05, 4.69) is 26.5 Å². The van der Waals surface area contributed by atoms with E-state index in [1.54, 1.807) is 13.3 Å². The Morgan fingerprint density at radius 3 is 2.88 bits per heavy atom. The van der Waals surface area contributed by atoms with Crippen molar-refractivity contribution in [2.24, 2.45) is 5.92 Å². The summed E-state index contributed by atoms with van der Waals surface area (Å²) >= 11 is 0. The Kier molecular flexibility index (Phi) is 4.23. The summed E-state index contributed by atoms with van der Waals surface area (Å²) in [4.78, 5) is 9.04. The summed E-state index contributed by atoms with van der Waals surface area (Å²) < 4.78 is 11.2. The molecule has 1 aliphatic heterocycles. The van der Waals surface area contributed by atoms with Crippen molar-refractivity contribution in [3.63, 3.8) is 0 Å². The minimum Gasteiger partial charge on any atom is -0.371 e. The number of nitrogens with one attached hydrogen (secondary N) is 1. The highest BCUT2D eigenvalue weighted by molar-refractivity contribution is 5.92. The summed E-state index contributed by atoms with van der Waals surface area (Å²) in [5.74, 6) is 1.44. The van der Waals surface area contributed by atoms with Gasteiger partial charge in [0, 0.05) is 18.7 Å². The van der Waals surface area contributed by atoms with Gasteiger partial charge in [-0.15, -0.1) is 0 Å². The standard InChI is InChI=1S/C18H20N4O2/c1-23-16(13-6-9-19-10-7-13)18-21-17(22-24-18)15-14-5-3-2-4-12(14)8-11-20-15/h2-5,8,11,13,16,19H,6-7,9-10H2,1H3. The Labute approximate surface area is 140 Å². The Morgan fingerprint density at radius 1 is 1.21 bits per heavy atom. The van der Waals surface area contributed by atoms with Crippen LogP contribution in [0.25, 0.3) is 22.3 Å². The molecule has 0 bridgehead atoms. The number of rotatable bonds is 4. The quantitative estimate of drug-likeness (QED) is 0.795. The van der Waals surface area contributed by atoms with Crippen LogP contribution in [0.1, 0.15) is 24.8 Å². The first-order valence-electron chi connectivity index (χ1n) is 8.28. The lowest BCUT2D eigenvalue weighted by Crippen LogP contribution is -2.31. The molecule has 1 fully saturated rings. The van der Waals surface area contributed by atoms with Crippen LogP contribution < -0.4 is 5.32 Å². The molecule has 24 heavy (non-hydrogen) atoms. The van der Waals surface area contributed by atoms with E-state index in [9.17, 15) is 0 Å². The SMILES string of the molecule is COC(c1nc(-c2nccc3ccccc23)no1)C1CCNCC1. The number of methoxy groups -OCH3 is 1. The number of ether oxygens (including phenoxy) is 1. The van der Waals surface area contributed by atoms with Crippen molar-refractivity contribution < 1.29 is 9.26 Å². The second-order valence-electron chi connectivity index (χ2n) is 6.08. The molecule has 3 aromatic rings. The van der Waals surface area contributed by atoms with Gasteiger partial charge in [0.2, 0.25) is 5.82 Å². The van der Waals surface area contributed by atoms with E-state index in [1.807, 2.05) is 24.3 Å². The van der Waals surface area contributed by atoms with E-state index < -0.39 is 0 Å². The van der Waals surface area contributed by atoms with Gasteiger partial charge >= 0.3 is 0 Å². The molecule has 0 saturated carbocycles. The lowest BCUT2D eigenvalue weighted by molar-refractivity contribution is 0.0145. The van der Waals surface area contributed by atoms with Crippen molar-refractivity contribution >= 4 is 10.8 Å². The smallest absolute Gasteiger partial charge is 0.256 e. The first kappa shape index (κ1) is 15.2. The summed E-state index contributed by atoms with van der Waals surface area (Å²) in [6.07, 6.45) is 3.70. The zero-order valence-corrected chi connectivity index (χ0v) is 13.6. The van der Waals surface area contributed by atoms with Crippen molar-refractivity contribution in [1.82, 2.24) is 20.4 Å². The van der Waals surface area contributed by atoms with Gasteiger partial charge in [-0.3, -0.25) is 4.98 Å². The van der Waals surface area contributed by atoms with Gasteiger partial charge in [0.15, 0.2) is 0 Å². The maximum atomic E-state index is 5.67. The third kappa shape index (κ3) is 2.79. The van der Waals surface area contributed by atoms with E-state index in [4.69, 9.17) is 9.26 Å². The first-order valence-corrected chi connectivity index (χ1v) is 8.28. The normalized spacial score (nSPS) is 17.2. The van der Waals surface area contributed by atoms with Crippen LogP contribution >= 0.6 is 0 Å². The van der Waals surface area contributed by atoms with Crippen molar-refractivity contribution in [2.75, 3.05) is 20.2 Å². The van der Waals surface area contributed by atoms with Crippen molar-refractivity contribution in [2.45, 2.75) is 18.9 Å². The van der Waals surface area contributed by atoms with Gasteiger partial charge in [-0.05, 0) is 43.3 Å². The molecule has 1 atom stereocenters. The van der Waals surface area contributed by atoms with E-state index in [1.165, 1.54) is 0 Å². The molecule has 1 N–H and O–H groups in total. The molecule has 1 aliphatic rings. The van der Waals surface area contributed by atoms with Gasteiger partial charge in [0.25, 0.3) is 5.89 Å². The lowest BCUT2D eigenvalue weighted by Gasteiger charge is -2.27. The molecule has 6 heteroatoms. The number of hydrogen-bond donors (Lipinski definition) is 1. The number of nitrogens with zero attached hydrogens (tertiary/aromatic N) is 3. The summed E-state index contributed by atoms with van der Waals surface area (Å²) in [5.41, 5.74) is 0.739. The predicted molar refractivity (Wildman–Crippen MR) is 90.4 cm³/mol. The van der Waals surface area contributed by atoms with Gasteiger partial charge in [-0.2, -0.15) is 4.98 Å². The molecule has 4 rings (SSSR count). The van der Waals surface area contributed by atoms with Crippen LogP contribution in [-0.2, 0) is 4.74 Å². The van der Waals surface area contributed by atoms with Crippen LogP contribution in [0, 0.1) is 5.92 Å². The molecule has 0 radical (unpaired) electrons. The van der Waals surface area contributed by atoms with Gasteiger partial charge in [0.1, 0.15) is 11.8 Å². The van der Waals surface area contributed by atoms with Crippen LogP contribution in [0.2, 0.25) is 0 Å². The molecule has 1 unspecified atom stereocenters. The predicted octanol–water partition coefficient (Wildman–Crippen LogP) is 2.97. The van der Waals surface area contributed by atoms with E-state index in [0.29, 0.717) is 17.6 Å². The van der Waals surface area contributed by atoms with Crippen molar-refractivity contribution in [1.29, 1.82) is 0 Å². The average molecular weight is 324 g/mol. The highest BCUT2D eigenvalue weighted by Gasteiger charge is 2.30. The second kappa shape index (κ2) is 6.67. The van der Waals surface area contributed by atoms with Gasteiger partial charge in [0.05, 0.1) is 0 Å². The molecule has 0 amide bonds. The van der Waals surface area contributed by atoms with Crippen LogP contribution in [0.5, 0.6) is 0 Å². The Balaban J connectivity index is 1.68. The van der Waals surface area contributed by atoms with Gasteiger partial charge in [-0.1, -0.05) is 29.4 Å². The van der Waals surface area contributed by atoms with Crippen LogP contribution in [-0.4, -0.2) is 35.3 Å². The largest absolute Gasteiger partial charge is 0.371 e. The minimum atomic E-state index is -0.164. The number of aromatic nitrogens is 3. The van der Waals surface area contributed by atoms with Crippen LogP contribution in [0.4, 0.5) is 0 Å².